The third-order valence-electron chi connectivity index (χ3n) is 6.78. The highest BCUT2D eigenvalue weighted by Gasteiger charge is 2.13. The van der Waals surface area contributed by atoms with Gasteiger partial charge in [0.15, 0.2) is 0 Å². The number of aryl methyl sites for hydroxylation is 2. The summed E-state index contributed by atoms with van der Waals surface area (Å²) in [5.74, 6) is 1.43. The van der Waals surface area contributed by atoms with Crippen molar-refractivity contribution in [1.82, 2.24) is 4.98 Å². The summed E-state index contributed by atoms with van der Waals surface area (Å²) >= 11 is 11.8. The van der Waals surface area contributed by atoms with Crippen LogP contribution in [0.5, 0.6) is 5.75 Å². The molecule has 204 valence electrons. The maximum Gasteiger partial charge on any atom is 0.417 e. The molecule has 6 nitrogen and oxygen atoms in total. The number of alkyl halides is 2. The minimum atomic E-state index is -0.573. The molecule has 1 heterocycles. The van der Waals surface area contributed by atoms with Crippen LogP contribution in [-0.4, -0.2) is 35.9 Å². The van der Waals surface area contributed by atoms with E-state index < -0.39 is 6.09 Å². The van der Waals surface area contributed by atoms with Gasteiger partial charge in [0.25, 0.3) is 0 Å². The van der Waals surface area contributed by atoms with Gasteiger partial charge in [0.2, 0.25) is 0 Å². The number of ether oxygens (including phenoxy) is 1. The van der Waals surface area contributed by atoms with Crippen LogP contribution in [0.4, 0.5) is 27.5 Å². The summed E-state index contributed by atoms with van der Waals surface area (Å²) in [5.41, 5.74) is 7.46. The summed E-state index contributed by atoms with van der Waals surface area (Å²) in [6, 6.07) is 27.3. The highest BCUT2D eigenvalue weighted by atomic mass is 35.5. The minimum Gasteiger partial charge on any atom is -0.410 e. The highest BCUT2D eigenvalue weighted by Crippen LogP contribution is 2.35. The summed E-state index contributed by atoms with van der Waals surface area (Å²) in [5, 5.41) is 8.54. The number of fused-ring (bicyclic) bond motifs is 2. The van der Waals surface area contributed by atoms with Crippen LogP contribution < -0.4 is 20.3 Å². The van der Waals surface area contributed by atoms with E-state index >= 15 is 0 Å². The van der Waals surface area contributed by atoms with Crippen molar-refractivity contribution in [2.45, 2.75) is 13.8 Å². The van der Waals surface area contributed by atoms with Crippen molar-refractivity contribution in [2.75, 3.05) is 40.4 Å². The van der Waals surface area contributed by atoms with E-state index in [1.165, 1.54) is 0 Å². The fraction of sp³-hybridized carbons (Fsp3) is 0.188. The number of aromatic nitrogens is 1. The molecule has 5 rings (SSSR count). The first-order valence-electron chi connectivity index (χ1n) is 13.1. The molecule has 0 aliphatic rings. The molecule has 5 aromatic rings. The Labute approximate surface area is 243 Å². The van der Waals surface area contributed by atoms with Gasteiger partial charge in [-0.05, 0) is 67.4 Å². The predicted octanol–water partition coefficient (Wildman–Crippen LogP) is 8.64. The molecule has 0 spiro atoms. The zero-order chi connectivity index (χ0) is 28.1. The van der Waals surface area contributed by atoms with E-state index in [-0.39, 0.29) is 0 Å². The second kappa shape index (κ2) is 12.5. The molecular formula is C32H30Cl2N4O2. The maximum atomic E-state index is 12.7. The number of anilines is 4. The van der Waals surface area contributed by atoms with Crippen LogP contribution in [0.15, 0.2) is 84.9 Å². The third kappa shape index (κ3) is 6.09. The largest absolute Gasteiger partial charge is 0.417 e. The van der Waals surface area contributed by atoms with Gasteiger partial charge in [0, 0.05) is 52.7 Å². The molecule has 1 aromatic heterocycles. The number of carbonyl (C=O) groups excluding carboxylic acids is 1. The molecule has 8 heteroatoms. The van der Waals surface area contributed by atoms with Gasteiger partial charge < -0.3 is 15.0 Å². The van der Waals surface area contributed by atoms with Crippen LogP contribution in [0.3, 0.4) is 0 Å². The molecule has 0 unspecified atom stereocenters. The minimum absolute atomic E-state index is 0.438. The lowest BCUT2D eigenvalue weighted by Crippen LogP contribution is -2.27. The van der Waals surface area contributed by atoms with Gasteiger partial charge in [0.05, 0.1) is 16.7 Å². The number of hydrogen-bond acceptors (Lipinski definition) is 5. The summed E-state index contributed by atoms with van der Waals surface area (Å²) < 4.78 is 5.54. The monoisotopic (exact) mass is 572 g/mol. The van der Waals surface area contributed by atoms with Gasteiger partial charge in [0.1, 0.15) is 5.75 Å². The molecule has 4 aromatic carbocycles. The summed E-state index contributed by atoms with van der Waals surface area (Å²) in [6.45, 7) is 5.46. The Morgan fingerprint density at radius 3 is 2.33 bits per heavy atom. The summed E-state index contributed by atoms with van der Waals surface area (Å²) in [7, 11) is 0. The van der Waals surface area contributed by atoms with E-state index in [1.54, 1.807) is 12.1 Å². The average molecular weight is 574 g/mol. The van der Waals surface area contributed by atoms with Crippen LogP contribution in [0.25, 0.3) is 21.8 Å². The van der Waals surface area contributed by atoms with E-state index in [4.69, 9.17) is 32.9 Å². The number of benzene rings is 4. The Kier molecular flexibility index (Phi) is 8.58. The first-order chi connectivity index (χ1) is 19.5. The topological polar surface area (TPSA) is 66.5 Å². The first kappa shape index (κ1) is 27.6. The van der Waals surface area contributed by atoms with Crippen LogP contribution >= 0.6 is 23.2 Å². The number of pyridine rings is 1. The highest BCUT2D eigenvalue weighted by molar-refractivity contribution is 6.18. The van der Waals surface area contributed by atoms with Crippen molar-refractivity contribution >= 4 is 73.9 Å². The number of para-hydroxylation sites is 2. The average Bonchev–Trinajstić information content (AvgIpc) is 2.95. The van der Waals surface area contributed by atoms with Crippen molar-refractivity contribution in [3.8, 4) is 5.75 Å². The molecule has 2 N–H and O–H groups in total. The second-order valence-corrected chi connectivity index (χ2v) is 10.3. The number of carbonyl (C=O) groups is 1. The lowest BCUT2D eigenvalue weighted by Gasteiger charge is -2.22. The maximum absolute atomic E-state index is 12.7. The smallest absolute Gasteiger partial charge is 0.410 e. The fourth-order valence-corrected chi connectivity index (χ4v) is 5.12. The van der Waals surface area contributed by atoms with Crippen molar-refractivity contribution in [1.29, 1.82) is 0 Å². The summed E-state index contributed by atoms with van der Waals surface area (Å²) in [6.07, 6.45) is -0.573. The number of nitrogens with one attached hydrogen (secondary N) is 2. The second-order valence-electron chi connectivity index (χ2n) is 9.50. The molecule has 40 heavy (non-hydrogen) atoms. The Morgan fingerprint density at radius 1 is 0.850 bits per heavy atom. The number of amides is 1. The molecule has 0 saturated carbocycles. The Hall–Kier alpha value is -4.00. The third-order valence-corrected chi connectivity index (χ3v) is 7.12. The summed E-state index contributed by atoms with van der Waals surface area (Å²) in [4.78, 5) is 19.7. The van der Waals surface area contributed by atoms with Crippen LogP contribution in [0.1, 0.15) is 11.1 Å². The van der Waals surface area contributed by atoms with Gasteiger partial charge in [-0.2, -0.15) is 0 Å². The van der Waals surface area contributed by atoms with Crippen molar-refractivity contribution in [3.05, 3.63) is 96.1 Å². The van der Waals surface area contributed by atoms with Crippen molar-refractivity contribution in [3.63, 3.8) is 0 Å². The molecular weight excluding hydrogens is 543 g/mol. The lowest BCUT2D eigenvalue weighted by molar-refractivity contribution is 0.215. The molecule has 0 aliphatic heterocycles. The van der Waals surface area contributed by atoms with Crippen molar-refractivity contribution in [2.24, 2.45) is 0 Å². The quantitative estimate of drug-likeness (QED) is 0.137. The number of rotatable bonds is 9. The molecule has 0 bridgehead atoms. The van der Waals surface area contributed by atoms with E-state index in [1.807, 2.05) is 61.5 Å². The molecule has 0 aliphatic carbocycles. The van der Waals surface area contributed by atoms with Gasteiger partial charge >= 0.3 is 6.09 Å². The van der Waals surface area contributed by atoms with Crippen LogP contribution in [0.2, 0.25) is 0 Å². The van der Waals surface area contributed by atoms with Crippen molar-refractivity contribution < 1.29 is 9.53 Å². The Morgan fingerprint density at radius 2 is 1.57 bits per heavy atom. The van der Waals surface area contributed by atoms with Gasteiger partial charge in [-0.25, -0.2) is 9.78 Å². The zero-order valence-corrected chi connectivity index (χ0v) is 23.9. The van der Waals surface area contributed by atoms with Gasteiger partial charge in [-0.15, -0.1) is 23.2 Å². The van der Waals surface area contributed by atoms with E-state index in [0.717, 1.165) is 50.0 Å². The molecule has 0 atom stereocenters. The Balaban J connectivity index is 1.36. The lowest BCUT2D eigenvalue weighted by atomic mass is 10.0. The Bertz CT molecular complexity index is 1650. The van der Waals surface area contributed by atoms with E-state index in [2.05, 4.69) is 40.7 Å². The molecule has 0 radical (unpaired) electrons. The number of hydrogen-bond donors (Lipinski definition) is 2. The number of halogens is 2. The normalized spacial score (nSPS) is 11.0. The molecule has 0 fully saturated rings. The van der Waals surface area contributed by atoms with Gasteiger partial charge in [-0.1, -0.05) is 42.5 Å². The van der Waals surface area contributed by atoms with Crippen LogP contribution in [-0.2, 0) is 0 Å². The SMILES string of the molecule is Cc1ccc(NC(=O)Oc2ccc(N(CCCl)CCCl)cc2)cc1Nc1c2ccccc2nc2c(C)cccc12. The molecule has 1 amide bonds. The van der Waals surface area contributed by atoms with E-state index in [0.29, 0.717) is 36.3 Å². The first-order valence-corrected chi connectivity index (χ1v) is 14.1. The van der Waals surface area contributed by atoms with Crippen LogP contribution in [0, 0.1) is 13.8 Å². The predicted molar refractivity (Wildman–Crippen MR) is 168 cm³/mol. The zero-order valence-electron chi connectivity index (χ0n) is 22.4. The van der Waals surface area contributed by atoms with Gasteiger partial charge in [-0.3, -0.25) is 5.32 Å². The number of nitrogens with zero attached hydrogens (tertiary/aromatic N) is 2. The van der Waals surface area contributed by atoms with E-state index in [9.17, 15) is 4.79 Å². The molecule has 0 saturated heterocycles. The fourth-order valence-electron chi connectivity index (χ4n) is 4.71. The standard InChI is InChI=1S/C32H30Cl2N4O2/c1-21-10-11-23(35-32(39)40-25-14-12-24(13-15-25)38(18-16-33)19-17-34)20-29(21)37-31-26-7-3-4-9-28(26)36-30-22(2)6-5-8-27(30)31/h3-15,20H,16-19H2,1-2H3,(H,35,39)(H,36,37).